The molecule has 0 aliphatic carbocycles. The van der Waals surface area contributed by atoms with Gasteiger partial charge in [-0.25, -0.2) is 0 Å². The van der Waals surface area contributed by atoms with Gasteiger partial charge in [0.05, 0.1) is 0 Å². The highest BCUT2D eigenvalue weighted by atomic mass is 16.3. The second-order valence-electron chi connectivity index (χ2n) is 23.9. The van der Waals surface area contributed by atoms with Crippen LogP contribution in [0.4, 0.5) is 0 Å². The molecule has 12 rings (SSSR count). The molecular weight excluding hydrogens is 1180 g/mol. The lowest BCUT2D eigenvalue weighted by molar-refractivity contribution is 0.399. The number of aliphatic hydroxyl groups is 3. The van der Waals surface area contributed by atoms with Gasteiger partial charge in [0.15, 0.2) is 0 Å². The SMILES string of the molecule is CC(C)(c1ccc(O)cc1)c1ccc(C(C)(c2ccc(O)cc2)c2ccc(O)cc2)cc1.CC(c1ccc(O)cc1)(c1ccc(O)cc1)c1ccc(Cc2ccc(O)cc2)cc1.CC(c1ccccc1)(c1ccccc1)c1ccc(Cc2ccccc2)cc1.CO.CO.CO. The third kappa shape index (κ3) is 17.5. The first-order chi connectivity index (χ1) is 45.9. The van der Waals surface area contributed by atoms with Gasteiger partial charge in [0.25, 0.3) is 0 Å². The zero-order valence-electron chi connectivity index (χ0n) is 55.4. The minimum absolute atomic E-state index is 0.173. The van der Waals surface area contributed by atoms with Crippen LogP contribution >= 0.6 is 0 Å². The lowest BCUT2D eigenvalue weighted by atomic mass is 9.70. The van der Waals surface area contributed by atoms with Gasteiger partial charge in [0, 0.05) is 43.0 Å². The molecule has 12 aromatic rings. The minimum Gasteiger partial charge on any atom is -0.508 e. The smallest absolute Gasteiger partial charge is 0.115 e. The van der Waals surface area contributed by atoms with Crippen molar-refractivity contribution in [1.82, 2.24) is 0 Å². The molecule has 12 aromatic carbocycles. The first kappa shape index (κ1) is 71.8. The first-order valence-corrected chi connectivity index (χ1v) is 31.5. The molecule has 0 saturated heterocycles. The van der Waals surface area contributed by atoms with Crippen molar-refractivity contribution in [3.05, 3.63) is 393 Å². The first-order valence-electron chi connectivity index (χ1n) is 31.5. The van der Waals surface area contributed by atoms with Gasteiger partial charge < -0.3 is 46.0 Å². The number of benzene rings is 12. The normalized spacial score (nSPS) is 11.0. The van der Waals surface area contributed by atoms with Crippen LogP contribution in [0, 0.1) is 0 Å². The van der Waals surface area contributed by atoms with Crippen LogP contribution in [0.2, 0.25) is 0 Å². The van der Waals surface area contributed by atoms with Gasteiger partial charge in [-0.05, 0) is 190 Å². The van der Waals surface area contributed by atoms with Gasteiger partial charge in [0.1, 0.15) is 34.5 Å². The number of hydrogen-bond donors (Lipinski definition) is 9. The van der Waals surface area contributed by atoms with E-state index in [0.717, 1.165) is 78.7 Å². The Labute approximate surface area is 560 Å². The summed E-state index contributed by atoms with van der Waals surface area (Å²) in [6, 6.07) is 102. The number of aromatic hydroxyl groups is 6. The van der Waals surface area contributed by atoms with Gasteiger partial charge in [-0.3, -0.25) is 0 Å². The van der Waals surface area contributed by atoms with Crippen LogP contribution in [-0.2, 0) is 34.5 Å². The molecule has 9 N–H and O–H groups in total. The van der Waals surface area contributed by atoms with Gasteiger partial charge in [-0.1, -0.05) is 250 Å². The molecule has 0 aliphatic heterocycles. The topological polar surface area (TPSA) is 182 Å². The lowest BCUT2D eigenvalue weighted by Gasteiger charge is -2.33. The molecule has 9 heteroatoms. The molecule has 0 amide bonds. The Hall–Kier alpha value is -10.7. The molecule has 0 unspecified atom stereocenters. The highest BCUT2D eigenvalue weighted by Crippen LogP contribution is 2.44. The van der Waals surface area contributed by atoms with E-state index in [1.807, 2.05) is 72.8 Å². The van der Waals surface area contributed by atoms with Crippen molar-refractivity contribution >= 4 is 0 Å². The molecule has 95 heavy (non-hydrogen) atoms. The molecule has 9 nitrogen and oxygen atoms in total. The van der Waals surface area contributed by atoms with Crippen molar-refractivity contribution in [3.8, 4) is 34.5 Å². The van der Waals surface area contributed by atoms with E-state index >= 15 is 0 Å². The van der Waals surface area contributed by atoms with Crippen LogP contribution in [0.25, 0.3) is 0 Å². The minimum atomic E-state index is -0.470. The van der Waals surface area contributed by atoms with Gasteiger partial charge >= 0.3 is 0 Å². The summed E-state index contributed by atoms with van der Waals surface area (Å²) in [4.78, 5) is 0. The highest BCUT2D eigenvalue weighted by molar-refractivity contribution is 5.55. The Morgan fingerprint density at radius 2 is 0.326 bits per heavy atom. The maximum atomic E-state index is 9.80. The Bertz CT molecular complexity index is 4030. The monoisotopic (exact) mass is 1260 g/mol. The molecule has 0 bridgehead atoms. The number of aliphatic hydroxyl groups excluding tert-OH is 3. The Morgan fingerprint density at radius 3 is 0.568 bits per heavy atom. The third-order valence-corrected chi connectivity index (χ3v) is 17.9. The number of hydrogen-bond acceptors (Lipinski definition) is 9. The fraction of sp³-hybridized carbons (Fsp3) is 0.163. The van der Waals surface area contributed by atoms with Crippen molar-refractivity contribution < 1.29 is 46.0 Å². The quantitative estimate of drug-likeness (QED) is 0.0451. The lowest BCUT2D eigenvalue weighted by Crippen LogP contribution is -2.26. The Balaban J connectivity index is 0.000000194. The van der Waals surface area contributed by atoms with Crippen LogP contribution in [0.1, 0.15) is 118 Å². The second-order valence-corrected chi connectivity index (χ2v) is 23.9. The Kier molecular flexibility index (Phi) is 25.5. The van der Waals surface area contributed by atoms with E-state index in [1.165, 1.54) is 38.9 Å². The van der Waals surface area contributed by atoms with Crippen LogP contribution in [0.15, 0.2) is 309 Å². The summed E-state index contributed by atoms with van der Waals surface area (Å²) < 4.78 is 0. The van der Waals surface area contributed by atoms with Crippen LogP contribution in [0.3, 0.4) is 0 Å². The molecule has 0 saturated carbocycles. The maximum absolute atomic E-state index is 9.80. The molecular formula is C86H88O9. The standard InChI is InChI=1S/C29H28O3.C27H24O3.C27H24.3CH4O/c1-28(2,21-8-14-25(30)15-9-21)20-4-6-22(7-5-20)29(3,23-10-16-26(31)17-11-23)24-12-18-27(32)19-13-24;1-27(22-8-14-25(29)15-9-22,23-10-16-26(30)17-11-23)21-6-2-19(3-7-21)18-20-4-12-24(28)13-5-20;1-27(24-13-7-3-8-14-24,25-15-9-4-10-16-25)26-19-17-23(18-20-26)21-22-11-5-2-6-12-22;3*1-2/h4-19,30-32H,1-3H3;2-17,28-30H,18H2,1H3;2-20H,21H2,1H3;3*2H,1H3. The zero-order chi connectivity index (χ0) is 68.6. The van der Waals surface area contributed by atoms with E-state index in [0.29, 0.717) is 0 Å². The summed E-state index contributed by atoms with van der Waals surface area (Å²) in [7, 11) is 3.00. The van der Waals surface area contributed by atoms with Crippen LogP contribution < -0.4 is 0 Å². The van der Waals surface area contributed by atoms with E-state index in [1.54, 1.807) is 72.8 Å². The van der Waals surface area contributed by atoms with Crippen molar-refractivity contribution in [2.75, 3.05) is 21.3 Å². The van der Waals surface area contributed by atoms with Gasteiger partial charge in [-0.2, -0.15) is 0 Å². The number of phenols is 6. The Morgan fingerprint density at radius 1 is 0.179 bits per heavy atom. The van der Waals surface area contributed by atoms with Crippen molar-refractivity contribution in [3.63, 3.8) is 0 Å². The molecule has 0 spiro atoms. The van der Waals surface area contributed by atoms with Gasteiger partial charge in [-0.15, -0.1) is 0 Å². The molecule has 0 aliphatic rings. The summed E-state index contributed by atoms with van der Waals surface area (Å²) in [6.45, 7) is 11.0. The van der Waals surface area contributed by atoms with Crippen LogP contribution in [-0.4, -0.2) is 67.3 Å². The zero-order valence-corrected chi connectivity index (χ0v) is 55.4. The summed E-state index contributed by atoms with van der Waals surface area (Å²) in [6.07, 6.45) is 1.75. The summed E-state index contributed by atoms with van der Waals surface area (Å²) >= 11 is 0. The van der Waals surface area contributed by atoms with E-state index in [-0.39, 0.29) is 45.3 Å². The number of rotatable bonds is 15. The van der Waals surface area contributed by atoms with Crippen molar-refractivity contribution in [2.24, 2.45) is 0 Å². The van der Waals surface area contributed by atoms with Crippen LogP contribution in [0.5, 0.6) is 34.5 Å². The molecule has 0 heterocycles. The van der Waals surface area contributed by atoms with Crippen molar-refractivity contribution in [2.45, 2.75) is 69.1 Å². The highest BCUT2D eigenvalue weighted by Gasteiger charge is 2.34. The summed E-state index contributed by atoms with van der Waals surface area (Å²) in [5.74, 6) is 1.46. The predicted molar refractivity (Wildman–Crippen MR) is 386 cm³/mol. The molecule has 0 aromatic heterocycles. The largest absolute Gasteiger partial charge is 0.508 e. The fourth-order valence-electron chi connectivity index (χ4n) is 12.1. The molecule has 486 valence electrons. The average molecular weight is 1270 g/mol. The molecule has 0 atom stereocenters. The van der Waals surface area contributed by atoms with E-state index in [2.05, 4.69) is 198 Å². The third-order valence-electron chi connectivity index (χ3n) is 17.9. The predicted octanol–water partition coefficient (Wildman–Crippen LogP) is 17.7. The maximum Gasteiger partial charge on any atom is 0.115 e. The van der Waals surface area contributed by atoms with E-state index in [9.17, 15) is 30.6 Å². The molecule has 0 fully saturated rings. The van der Waals surface area contributed by atoms with Gasteiger partial charge in [0.2, 0.25) is 0 Å². The van der Waals surface area contributed by atoms with E-state index < -0.39 is 10.8 Å². The number of phenolic OH excluding ortho intramolecular Hbond substituents is 6. The summed E-state index contributed by atoms with van der Waals surface area (Å²) in [5, 5.41) is 79.2. The average Bonchev–Trinajstić information content (AvgIpc) is 0.778. The summed E-state index contributed by atoms with van der Waals surface area (Å²) in [5.41, 5.74) is 16.4. The van der Waals surface area contributed by atoms with E-state index in [4.69, 9.17) is 15.3 Å². The fourth-order valence-corrected chi connectivity index (χ4v) is 12.1. The second kappa shape index (κ2) is 33.8. The molecule has 0 radical (unpaired) electrons. The van der Waals surface area contributed by atoms with Crippen molar-refractivity contribution in [1.29, 1.82) is 0 Å².